The van der Waals surface area contributed by atoms with Gasteiger partial charge >= 0.3 is 6.09 Å². The quantitative estimate of drug-likeness (QED) is 0.846. The summed E-state index contributed by atoms with van der Waals surface area (Å²) in [6, 6.07) is 8.36. The first kappa shape index (κ1) is 13.3. The molecule has 0 radical (unpaired) electrons. The van der Waals surface area contributed by atoms with Crippen LogP contribution >= 0.6 is 11.8 Å². The molecule has 4 heteroatoms. The van der Waals surface area contributed by atoms with Crippen molar-refractivity contribution in [1.29, 1.82) is 0 Å². The van der Waals surface area contributed by atoms with Gasteiger partial charge in [-0.05, 0) is 30.9 Å². The van der Waals surface area contributed by atoms with E-state index in [1.807, 2.05) is 6.07 Å². The molecule has 1 unspecified atom stereocenters. The minimum atomic E-state index is -0.291. The fourth-order valence-corrected chi connectivity index (χ4v) is 3.08. The molecule has 0 fully saturated rings. The summed E-state index contributed by atoms with van der Waals surface area (Å²) in [6.45, 7) is 2.59. The van der Waals surface area contributed by atoms with Crippen LogP contribution in [0.2, 0.25) is 0 Å². The first-order valence-electron chi connectivity index (χ1n) is 6.47. The molecule has 0 aliphatic carbocycles. The summed E-state index contributed by atoms with van der Waals surface area (Å²) in [5.41, 5.74) is 1.37. The molecule has 1 heterocycles. The molecule has 98 valence electrons. The molecule has 18 heavy (non-hydrogen) atoms. The number of unbranched alkanes of at least 4 members (excludes halogenated alkanes) is 1. The van der Waals surface area contributed by atoms with E-state index in [9.17, 15) is 4.79 Å². The Hall–Kier alpha value is -1.16. The third kappa shape index (κ3) is 3.67. The number of carbonyl (C=O) groups is 1. The van der Waals surface area contributed by atoms with Crippen molar-refractivity contribution in [1.82, 2.24) is 5.32 Å². The number of carbonyl (C=O) groups excluding carboxylic acids is 1. The Kier molecular flexibility index (Phi) is 4.93. The number of alkyl carbamates (subject to hydrolysis) is 1. The summed E-state index contributed by atoms with van der Waals surface area (Å²) in [5.74, 6) is 0. The lowest BCUT2D eigenvalue weighted by Gasteiger charge is -2.24. The Labute approximate surface area is 112 Å². The van der Waals surface area contributed by atoms with E-state index in [1.165, 1.54) is 10.5 Å². The van der Waals surface area contributed by atoms with Crippen molar-refractivity contribution in [2.45, 2.75) is 42.9 Å². The first-order chi connectivity index (χ1) is 8.79. The highest BCUT2D eigenvalue weighted by atomic mass is 32.2. The average Bonchev–Trinajstić information content (AvgIpc) is 2.39. The van der Waals surface area contributed by atoms with Crippen LogP contribution in [0.5, 0.6) is 0 Å². The second-order valence-electron chi connectivity index (χ2n) is 4.39. The highest BCUT2D eigenvalue weighted by Crippen LogP contribution is 2.33. The van der Waals surface area contributed by atoms with E-state index < -0.39 is 0 Å². The minimum absolute atomic E-state index is 0.133. The average molecular weight is 265 g/mol. The van der Waals surface area contributed by atoms with Crippen LogP contribution < -0.4 is 5.32 Å². The number of amides is 1. The molecule has 0 spiro atoms. The number of hydrogen-bond donors (Lipinski definition) is 1. The number of ether oxygens (including phenoxy) is 1. The van der Waals surface area contributed by atoms with Crippen LogP contribution in [0.4, 0.5) is 4.79 Å². The molecule has 1 aliphatic rings. The Morgan fingerprint density at radius 1 is 1.50 bits per heavy atom. The number of thioether (sulfide) groups is 1. The van der Waals surface area contributed by atoms with E-state index in [1.54, 1.807) is 11.8 Å². The Bertz CT molecular complexity index is 409. The Morgan fingerprint density at radius 3 is 3.17 bits per heavy atom. The highest BCUT2D eigenvalue weighted by Gasteiger charge is 2.20. The highest BCUT2D eigenvalue weighted by molar-refractivity contribution is 8.00. The van der Waals surface area contributed by atoms with Gasteiger partial charge in [-0.3, -0.25) is 0 Å². The molecule has 0 saturated heterocycles. The van der Waals surface area contributed by atoms with Gasteiger partial charge in [0.05, 0.1) is 12.0 Å². The molecular weight excluding hydrogens is 246 g/mol. The number of nitrogens with one attached hydrogen (secondary N) is 1. The van der Waals surface area contributed by atoms with Crippen LogP contribution in [0.25, 0.3) is 0 Å². The zero-order valence-corrected chi connectivity index (χ0v) is 11.5. The molecule has 0 saturated carbocycles. The number of rotatable bonds is 4. The van der Waals surface area contributed by atoms with Gasteiger partial charge in [0, 0.05) is 4.90 Å². The van der Waals surface area contributed by atoms with Crippen LogP contribution in [-0.4, -0.2) is 18.1 Å². The summed E-state index contributed by atoms with van der Waals surface area (Å²) in [7, 11) is 0. The van der Waals surface area contributed by atoms with Crippen molar-refractivity contribution in [2.24, 2.45) is 0 Å². The van der Waals surface area contributed by atoms with Gasteiger partial charge in [-0.1, -0.05) is 31.5 Å². The van der Waals surface area contributed by atoms with E-state index in [-0.39, 0.29) is 11.5 Å². The molecule has 1 atom stereocenters. The molecule has 0 aromatic heterocycles. The third-order valence-electron chi connectivity index (χ3n) is 2.93. The van der Waals surface area contributed by atoms with Crippen LogP contribution in [-0.2, 0) is 11.2 Å². The normalized spacial score (nSPS) is 17.9. The fourth-order valence-electron chi connectivity index (χ4n) is 1.91. The van der Waals surface area contributed by atoms with Crippen molar-refractivity contribution in [3.63, 3.8) is 0 Å². The lowest BCUT2D eigenvalue weighted by molar-refractivity contribution is 0.143. The zero-order valence-electron chi connectivity index (χ0n) is 10.6. The van der Waals surface area contributed by atoms with Crippen LogP contribution in [0.3, 0.4) is 0 Å². The van der Waals surface area contributed by atoms with Gasteiger partial charge in [0.25, 0.3) is 0 Å². The number of benzene rings is 1. The van der Waals surface area contributed by atoms with Gasteiger partial charge in [0.1, 0.15) is 0 Å². The second-order valence-corrected chi connectivity index (χ2v) is 5.63. The molecular formula is C14H19NO2S. The lowest BCUT2D eigenvalue weighted by Crippen LogP contribution is -2.34. The van der Waals surface area contributed by atoms with Gasteiger partial charge in [-0.15, -0.1) is 11.8 Å². The van der Waals surface area contributed by atoms with E-state index in [0.717, 1.165) is 25.7 Å². The predicted molar refractivity (Wildman–Crippen MR) is 73.8 cm³/mol. The third-order valence-corrected chi connectivity index (χ3v) is 4.22. The summed E-state index contributed by atoms with van der Waals surface area (Å²) < 4.78 is 5.11. The van der Waals surface area contributed by atoms with Crippen molar-refractivity contribution < 1.29 is 9.53 Å². The molecule has 1 aliphatic heterocycles. The maximum Gasteiger partial charge on any atom is 0.408 e. The monoisotopic (exact) mass is 265 g/mol. The van der Waals surface area contributed by atoms with Gasteiger partial charge in [0.2, 0.25) is 0 Å². The minimum Gasteiger partial charge on any atom is -0.450 e. The molecule has 1 aromatic rings. The molecule has 3 nitrogen and oxygen atoms in total. The summed E-state index contributed by atoms with van der Waals surface area (Å²) in [4.78, 5) is 12.8. The number of hydrogen-bond acceptors (Lipinski definition) is 3. The summed E-state index contributed by atoms with van der Waals surface area (Å²) in [6.07, 6.45) is 3.65. The van der Waals surface area contributed by atoms with E-state index in [2.05, 4.69) is 30.4 Å². The largest absolute Gasteiger partial charge is 0.450 e. The van der Waals surface area contributed by atoms with Crippen molar-refractivity contribution in [3.05, 3.63) is 29.8 Å². The van der Waals surface area contributed by atoms with Crippen LogP contribution in [0, 0.1) is 0 Å². The van der Waals surface area contributed by atoms with Crippen LogP contribution in [0.15, 0.2) is 29.2 Å². The van der Waals surface area contributed by atoms with Crippen molar-refractivity contribution in [2.75, 3.05) is 6.61 Å². The Balaban J connectivity index is 1.80. The van der Waals surface area contributed by atoms with Gasteiger partial charge in [-0.2, -0.15) is 0 Å². The zero-order chi connectivity index (χ0) is 12.8. The summed E-state index contributed by atoms with van der Waals surface area (Å²) >= 11 is 1.71. The van der Waals surface area contributed by atoms with Gasteiger partial charge in [-0.25, -0.2) is 4.79 Å². The van der Waals surface area contributed by atoms with Crippen molar-refractivity contribution in [3.8, 4) is 0 Å². The predicted octanol–water partition coefficient (Wildman–Crippen LogP) is 3.58. The smallest absolute Gasteiger partial charge is 0.408 e. The maximum atomic E-state index is 11.6. The van der Waals surface area contributed by atoms with Gasteiger partial charge in [0.15, 0.2) is 0 Å². The second kappa shape index (κ2) is 6.69. The maximum absolute atomic E-state index is 11.6. The van der Waals surface area contributed by atoms with Gasteiger partial charge < -0.3 is 10.1 Å². The number of aryl methyl sites for hydroxylation is 1. The lowest BCUT2D eigenvalue weighted by atomic mass is 10.1. The SMILES string of the molecule is CCCCOC(=O)NC1CCc2ccccc2S1. The first-order valence-corrected chi connectivity index (χ1v) is 7.35. The van der Waals surface area contributed by atoms with Crippen LogP contribution in [0.1, 0.15) is 31.7 Å². The van der Waals surface area contributed by atoms with Crippen molar-refractivity contribution >= 4 is 17.9 Å². The molecule has 1 aromatic carbocycles. The van der Waals surface area contributed by atoms with E-state index in [4.69, 9.17) is 4.74 Å². The molecule has 1 amide bonds. The fraction of sp³-hybridized carbons (Fsp3) is 0.500. The van der Waals surface area contributed by atoms with E-state index in [0.29, 0.717) is 6.61 Å². The molecule has 0 bridgehead atoms. The van der Waals surface area contributed by atoms with E-state index >= 15 is 0 Å². The Morgan fingerprint density at radius 2 is 2.33 bits per heavy atom. The standard InChI is InChI=1S/C14H19NO2S/c1-2-3-10-17-14(16)15-13-9-8-11-6-4-5-7-12(11)18-13/h4-7,13H,2-3,8-10H2,1H3,(H,15,16). The molecule has 1 N–H and O–H groups in total. The summed E-state index contributed by atoms with van der Waals surface area (Å²) in [5, 5.41) is 3.05. The number of fused-ring (bicyclic) bond motifs is 1. The molecule has 2 rings (SSSR count). The topological polar surface area (TPSA) is 38.3 Å².